The molecule has 1 unspecified atom stereocenters. The molecule has 1 aromatic heterocycles. The van der Waals surface area contributed by atoms with Gasteiger partial charge in [0.25, 0.3) is 5.91 Å². The van der Waals surface area contributed by atoms with Gasteiger partial charge in [-0.2, -0.15) is 0 Å². The average Bonchev–Trinajstić information content (AvgIpc) is 3.08. The van der Waals surface area contributed by atoms with Crippen LogP contribution in [0.25, 0.3) is 10.2 Å². The molecule has 0 aliphatic carbocycles. The van der Waals surface area contributed by atoms with E-state index in [4.69, 9.17) is 9.47 Å². The fourth-order valence-corrected chi connectivity index (χ4v) is 3.56. The van der Waals surface area contributed by atoms with Crippen LogP contribution in [0.1, 0.15) is 38.7 Å². The molecule has 6 heteroatoms. The molecule has 0 saturated heterocycles. The molecule has 0 aliphatic heterocycles. The Hall–Kier alpha value is -2.60. The molecule has 0 aliphatic rings. The van der Waals surface area contributed by atoms with Crippen LogP contribution in [0.2, 0.25) is 0 Å². The van der Waals surface area contributed by atoms with Crippen LogP contribution in [0.15, 0.2) is 42.5 Å². The molecule has 0 saturated carbocycles. The summed E-state index contributed by atoms with van der Waals surface area (Å²) in [4.78, 5) is 16.6. The third-order valence-corrected chi connectivity index (χ3v) is 5.28. The van der Waals surface area contributed by atoms with Crippen LogP contribution < -0.4 is 14.8 Å². The van der Waals surface area contributed by atoms with E-state index in [-0.39, 0.29) is 12.5 Å². The molecule has 1 N–H and O–H groups in total. The monoisotopic (exact) mass is 384 g/mol. The topological polar surface area (TPSA) is 60.5 Å². The van der Waals surface area contributed by atoms with E-state index in [1.165, 1.54) is 16.9 Å². The third-order valence-electron chi connectivity index (χ3n) is 4.35. The lowest BCUT2D eigenvalue weighted by Gasteiger charge is -2.10. The second kappa shape index (κ2) is 8.86. The van der Waals surface area contributed by atoms with E-state index >= 15 is 0 Å². The first-order chi connectivity index (χ1) is 13.1. The number of amides is 1. The molecule has 1 heterocycles. The highest BCUT2D eigenvalue weighted by Gasteiger charge is 2.10. The number of hydrogen-bond donors (Lipinski definition) is 1. The van der Waals surface area contributed by atoms with Crippen LogP contribution in [-0.4, -0.2) is 24.1 Å². The molecule has 0 radical (unpaired) electrons. The summed E-state index contributed by atoms with van der Waals surface area (Å²) in [6, 6.07) is 13.6. The van der Waals surface area contributed by atoms with E-state index in [1.54, 1.807) is 0 Å². The zero-order valence-electron chi connectivity index (χ0n) is 15.8. The van der Waals surface area contributed by atoms with Crippen LogP contribution >= 0.6 is 11.3 Å². The Morgan fingerprint density at radius 1 is 1.11 bits per heavy atom. The van der Waals surface area contributed by atoms with Gasteiger partial charge in [0.2, 0.25) is 0 Å². The number of nitrogens with one attached hydrogen (secondary N) is 1. The number of hydrogen-bond acceptors (Lipinski definition) is 5. The molecule has 0 spiro atoms. The van der Waals surface area contributed by atoms with Gasteiger partial charge in [0.1, 0.15) is 11.5 Å². The summed E-state index contributed by atoms with van der Waals surface area (Å²) in [7, 11) is 0. The number of nitrogens with zero attached hydrogens (tertiary/aromatic N) is 1. The summed E-state index contributed by atoms with van der Waals surface area (Å²) in [6.07, 6.45) is 1.09. The van der Waals surface area contributed by atoms with Gasteiger partial charge in [-0.1, -0.05) is 37.3 Å². The average molecular weight is 385 g/mol. The van der Waals surface area contributed by atoms with Crippen molar-refractivity contribution in [3.8, 4) is 11.5 Å². The molecule has 1 amide bonds. The van der Waals surface area contributed by atoms with Crippen molar-refractivity contribution in [1.29, 1.82) is 0 Å². The second-order valence-electron chi connectivity index (χ2n) is 6.30. The Morgan fingerprint density at radius 2 is 1.85 bits per heavy atom. The molecular weight excluding hydrogens is 360 g/mol. The van der Waals surface area contributed by atoms with E-state index in [2.05, 4.69) is 24.1 Å². The van der Waals surface area contributed by atoms with E-state index in [9.17, 15) is 4.79 Å². The Morgan fingerprint density at radius 3 is 2.56 bits per heavy atom. The molecular formula is C21H24N2O3S. The molecule has 1 atom stereocenters. The van der Waals surface area contributed by atoms with Crippen LogP contribution in [0, 0.1) is 0 Å². The Bertz CT molecular complexity index is 905. The maximum Gasteiger partial charge on any atom is 0.264 e. The van der Waals surface area contributed by atoms with Crippen LogP contribution in [0.3, 0.4) is 0 Å². The lowest BCUT2D eigenvalue weighted by molar-refractivity contribution is -0.118. The number of ether oxygens (including phenoxy) is 2. The summed E-state index contributed by atoms with van der Waals surface area (Å²) in [5.41, 5.74) is 2.11. The van der Waals surface area contributed by atoms with Gasteiger partial charge in [0.05, 0.1) is 16.8 Å². The maximum absolute atomic E-state index is 12.2. The van der Waals surface area contributed by atoms with Gasteiger partial charge in [-0.3, -0.25) is 10.1 Å². The summed E-state index contributed by atoms with van der Waals surface area (Å²) in [5.74, 6) is 1.77. The van der Waals surface area contributed by atoms with Crippen LogP contribution in [0.4, 0.5) is 5.13 Å². The first-order valence-corrected chi connectivity index (χ1v) is 9.96. The molecule has 142 valence electrons. The number of carbonyl (C=O) groups is 1. The van der Waals surface area contributed by atoms with E-state index in [0.29, 0.717) is 23.4 Å². The summed E-state index contributed by atoms with van der Waals surface area (Å²) >= 11 is 1.42. The summed E-state index contributed by atoms with van der Waals surface area (Å²) in [6.45, 7) is 6.87. The van der Waals surface area contributed by atoms with Gasteiger partial charge in [-0.25, -0.2) is 4.98 Å². The lowest BCUT2D eigenvalue weighted by atomic mass is 9.99. The summed E-state index contributed by atoms with van der Waals surface area (Å²) in [5, 5.41) is 3.35. The number of fused-ring (bicyclic) bond motifs is 1. The minimum Gasteiger partial charge on any atom is -0.494 e. The van der Waals surface area contributed by atoms with Gasteiger partial charge in [-0.15, -0.1) is 0 Å². The quantitative estimate of drug-likeness (QED) is 0.578. The van der Waals surface area contributed by atoms with E-state index in [0.717, 1.165) is 22.4 Å². The number of benzene rings is 2. The van der Waals surface area contributed by atoms with E-state index < -0.39 is 0 Å². The van der Waals surface area contributed by atoms with Crippen LogP contribution in [-0.2, 0) is 4.79 Å². The second-order valence-corrected chi connectivity index (χ2v) is 7.33. The minimum absolute atomic E-state index is 0.0528. The molecule has 0 bridgehead atoms. The van der Waals surface area contributed by atoms with Crippen molar-refractivity contribution < 1.29 is 14.3 Å². The molecule has 3 rings (SSSR count). The van der Waals surface area contributed by atoms with Crippen molar-refractivity contribution >= 4 is 32.6 Å². The van der Waals surface area contributed by atoms with Crippen molar-refractivity contribution in [2.24, 2.45) is 0 Å². The highest BCUT2D eigenvalue weighted by atomic mass is 32.1. The highest BCUT2D eigenvalue weighted by Crippen LogP contribution is 2.29. The third kappa shape index (κ3) is 4.98. The van der Waals surface area contributed by atoms with Gasteiger partial charge in [0, 0.05) is 0 Å². The molecule has 5 nitrogen and oxygen atoms in total. The molecule has 27 heavy (non-hydrogen) atoms. The van der Waals surface area contributed by atoms with Gasteiger partial charge in [0.15, 0.2) is 11.7 Å². The fraction of sp³-hybridized carbons (Fsp3) is 0.333. The Kier molecular flexibility index (Phi) is 6.29. The largest absolute Gasteiger partial charge is 0.494 e. The van der Waals surface area contributed by atoms with Crippen molar-refractivity contribution in [2.75, 3.05) is 18.5 Å². The van der Waals surface area contributed by atoms with E-state index in [1.807, 2.05) is 49.4 Å². The zero-order chi connectivity index (χ0) is 19.2. The smallest absolute Gasteiger partial charge is 0.264 e. The predicted molar refractivity (Wildman–Crippen MR) is 110 cm³/mol. The van der Waals surface area contributed by atoms with Crippen molar-refractivity contribution in [2.45, 2.75) is 33.1 Å². The number of thiazole rings is 1. The normalized spacial score (nSPS) is 12.0. The first-order valence-electron chi connectivity index (χ1n) is 9.15. The first kappa shape index (κ1) is 19.2. The Labute approximate surface area is 163 Å². The number of rotatable bonds is 8. The molecule has 3 aromatic rings. The standard InChI is InChI=1S/C21H24N2O3S/c1-4-14(3)15-6-8-16(9-7-15)26-13-20(24)23-21-22-18-11-10-17(25-5-2)12-19(18)27-21/h6-12,14H,4-5,13H2,1-3H3,(H,22,23,24). The predicted octanol–water partition coefficient (Wildman–Crippen LogP) is 5.23. The fourth-order valence-electron chi connectivity index (χ4n) is 2.65. The summed E-state index contributed by atoms with van der Waals surface area (Å²) < 4.78 is 12.0. The number of anilines is 1. The number of carbonyl (C=O) groups excluding carboxylic acids is 1. The van der Waals surface area contributed by atoms with Crippen molar-refractivity contribution in [1.82, 2.24) is 4.98 Å². The Balaban J connectivity index is 1.56. The highest BCUT2D eigenvalue weighted by molar-refractivity contribution is 7.22. The van der Waals surface area contributed by atoms with Crippen molar-refractivity contribution in [3.05, 3.63) is 48.0 Å². The van der Waals surface area contributed by atoms with Gasteiger partial charge in [-0.05, 0) is 55.2 Å². The zero-order valence-corrected chi connectivity index (χ0v) is 16.6. The van der Waals surface area contributed by atoms with Crippen molar-refractivity contribution in [3.63, 3.8) is 0 Å². The van der Waals surface area contributed by atoms with Gasteiger partial charge < -0.3 is 9.47 Å². The van der Waals surface area contributed by atoms with Crippen LogP contribution in [0.5, 0.6) is 11.5 Å². The van der Waals surface area contributed by atoms with Gasteiger partial charge >= 0.3 is 0 Å². The molecule has 2 aromatic carbocycles. The minimum atomic E-state index is -0.231. The lowest BCUT2D eigenvalue weighted by Crippen LogP contribution is -2.20. The SMILES string of the molecule is CCOc1ccc2nc(NC(=O)COc3ccc(C(C)CC)cc3)sc2c1. The maximum atomic E-state index is 12.2. The number of aromatic nitrogens is 1. The molecule has 0 fully saturated rings.